The number of urea groups is 1. The van der Waals surface area contributed by atoms with Crippen LogP contribution < -0.4 is 16.6 Å². The molecule has 31 heavy (non-hydrogen) atoms. The Balaban J connectivity index is 2.15. The largest absolute Gasteiger partial charge is 0.497 e. The van der Waals surface area contributed by atoms with Gasteiger partial charge in [-0.15, -0.1) is 11.3 Å². The molecule has 0 saturated carbocycles. The molecule has 170 valence electrons. The smallest absolute Gasteiger partial charge is 0.390 e. The van der Waals surface area contributed by atoms with Crippen LogP contribution in [-0.2, 0) is 24.4 Å². The average molecular weight is 460 g/mol. The van der Waals surface area contributed by atoms with E-state index in [0.29, 0.717) is 23.5 Å². The molecular formula is C19H23F3N4O4S. The van der Waals surface area contributed by atoms with E-state index in [1.165, 1.54) is 0 Å². The van der Waals surface area contributed by atoms with Crippen LogP contribution >= 0.6 is 11.3 Å². The fourth-order valence-corrected chi connectivity index (χ4v) is 4.76. The summed E-state index contributed by atoms with van der Waals surface area (Å²) in [7, 11) is 0. The van der Waals surface area contributed by atoms with Gasteiger partial charge in [-0.25, -0.2) is 9.59 Å². The summed E-state index contributed by atoms with van der Waals surface area (Å²) in [6.07, 6.45) is -5.68. The number of hydrogen-bond acceptors (Lipinski definition) is 5. The normalized spacial score (nSPS) is 14.4. The van der Waals surface area contributed by atoms with Gasteiger partial charge in [-0.1, -0.05) is 6.58 Å². The van der Waals surface area contributed by atoms with Gasteiger partial charge in [0.2, 0.25) is 0 Å². The van der Waals surface area contributed by atoms with E-state index < -0.39 is 30.4 Å². The molecule has 2 aromatic heterocycles. The zero-order valence-corrected chi connectivity index (χ0v) is 18.0. The van der Waals surface area contributed by atoms with Crippen molar-refractivity contribution in [3.8, 4) is 0 Å². The van der Waals surface area contributed by atoms with Gasteiger partial charge in [-0.2, -0.15) is 13.2 Å². The summed E-state index contributed by atoms with van der Waals surface area (Å²) in [5, 5.41) is 2.85. The van der Waals surface area contributed by atoms with Gasteiger partial charge in [-0.05, 0) is 19.4 Å². The Morgan fingerprint density at radius 3 is 2.55 bits per heavy atom. The summed E-state index contributed by atoms with van der Waals surface area (Å²) in [6.45, 7) is 7.61. The van der Waals surface area contributed by atoms with Crippen molar-refractivity contribution in [1.82, 2.24) is 19.4 Å². The zero-order valence-electron chi connectivity index (χ0n) is 17.2. The number of nitrogens with zero attached hydrogens (tertiary/aromatic N) is 3. The minimum absolute atomic E-state index is 0.158. The Morgan fingerprint density at radius 2 is 1.97 bits per heavy atom. The molecule has 12 heteroatoms. The van der Waals surface area contributed by atoms with E-state index in [1.54, 1.807) is 18.7 Å². The van der Waals surface area contributed by atoms with Gasteiger partial charge in [0.1, 0.15) is 10.6 Å². The SMILES string of the molecule is C=C(Cn1c(=O)c2c(C)c(CN3CCNC3=O)sc2n(CCC(F)(F)F)c1=O)OCC. The quantitative estimate of drug-likeness (QED) is 0.614. The maximum atomic E-state index is 13.1. The number of carbonyl (C=O) groups excluding carboxylic acids is 1. The Morgan fingerprint density at radius 1 is 1.26 bits per heavy atom. The molecule has 0 atom stereocenters. The van der Waals surface area contributed by atoms with Crippen molar-refractivity contribution >= 4 is 27.6 Å². The number of aryl methyl sites for hydroxylation is 2. The van der Waals surface area contributed by atoms with Crippen molar-refractivity contribution in [2.24, 2.45) is 0 Å². The number of amides is 2. The lowest BCUT2D eigenvalue weighted by atomic mass is 10.2. The number of halogens is 3. The van der Waals surface area contributed by atoms with Gasteiger partial charge in [0, 0.05) is 24.5 Å². The first-order chi connectivity index (χ1) is 14.5. The number of nitrogens with one attached hydrogen (secondary N) is 1. The number of ether oxygens (including phenoxy) is 1. The lowest BCUT2D eigenvalue weighted by molar-refractivity contribution is -0.136. The van der Waals surface area contributed by atoms with Crippen molar-refractivity contribution in [2.45, 2.75) is 46.1 Å². The second kappa shape index (κ2) is 8.77. The number of fused-ring (bicyclic) bond motifs is 1. The van der Waals surface area contributed by atoms with E-state index in [4.69, 9.17) is 4.74 Å². The van der Waals surface area contributed by atoms with E-state index >= 15 is 0 Å². The summed E-state index contributed by atoms with van der Waals surface area (Å²) in [5.41, 5.74) is -0.925. The van der Waals surface area contributed by atoms with Crippen LogP contribution in [0.5, 0.6) is 0 Å². The fourth-order valence-electron chi connectivity index (χ4n) is 3.43. The van der Waals surface area contributed by atoms with Gasteiger partial charge in [0.15, 0.2) is 0 Å². The van der Waals surface area contributed by atoms with E-state index in [2.05, 4.69) is 11.9 Å². The highest BCUT2D eigenvalue weighted by Crippen LogP contribution is 2.30. The minimum Gasteiger partial charge on any atom is -0.497 e. The van der Waals surface area contributed by atoms with E-state index in [1.807, 2.05) is 0 Å². The van der Waals surface area contributed by atoms with Crippen LogP contribution in [0, 0.1) is 6.92 Å². The first-order valence-corrected chi connectivity index (χ1v) is 10.5. The first-order valence-electron chi connectivity index (χ1n) is 9.69. The third-order valence-corrected chi connectivity index (χ3v) is 6.27. The Bertz CT molecular complexity index is 1130. The summed E-state index contributed by atoms with van der Waals surface area (Å²) < 4.78 is 45.7. The number of carbonyl (C=O) groups is 1. The number of thiophene rings is 1. The molecule has 1 N–H and O–H groups in total. The van der Waals surface area contributed by atoms with Crippen LogP contribution in [0.3, 0.4) is 0 Å². The molecule has 1 fully saturated rings. The molecule has 0 aliphatic carbocycles. The van der Waals surface area contributed by atoms with Crippen molar-refractivity contribution < 1.29 is 22.7 Å². The summed E-state index contributed by atoms with van der Waals surface area (Å²) in [5.74, 6) is 0.158. The molecule has 8 nitrogen and oxygen atoms in total. The zero-order chi connectivity index (χ0) is 22.9. The predicted octanol–water partition coefficient (Wildman–Crippen LogP) is 2.56. The highest BCUT2D eigenvalue weighted by molar-refractivity contribution is 7.18. The Kier molecular flexibility index (Phi) is 6.48. The Hall–Kier alpha value is -2.76. The highest BCUT2D eigenvalue weighted by atomic mass is 32.1. The van der Waals surface area contributed by atoms with Crippen LogP contribution in [0.2, 0.25) is 0 Å². The second-order valence-electron chi connectivity index (χ2n) is 7.15. The minimum atomic E-state index is -4.47. The standard InChI is InChI=1S/C19H23F3N4O4S/c1-4-30-11(2)9-26-15(27)14-12(3)13(10-24-8-6-23-17(24)28)31-16(14)25(18(26)29)7-5-19(20,21)22/h2,4-10H2,1,3H3,(H,23,28). The molecule has 0 radical (unpaired) electrons. The van der Waals surface area contributed by atoms with E-state index in [9.17, 15) is 27.6 Å². The molecular weight excluding hydrogens is 437 g/mol. The summed E-state index contributed by atoms with van der Waals surface area (Å²) in [6, 6.07) is -0.253. The molecule has 0 spiro atoms. The lowest BCUT2D eigenvalue weighted by Gasteiger charge is -2.14. The Labute approximate surface area is 179 Å². The third kappa shape index (κ3) is 4.78. The molecule has 0 unspecified atom stereocenters. The maximum Gasteiger partial charge on any atom is 0.390 e. The van der Waals surface area contributed by atoms with Gasteiger partial charge < -0.3 is 15.0 Å². The van der Waals surface area contributed by atoms with Crippen LogP contribution in [0.4, 0.5) is 18.0 Å². The fraction of sp³-hybridized carbons (Fsp3) is 0.526. The number of allylic oxidation sites excluding steroid dienone is 1. The lowest BCUT2D eigenvalue weighted by Crippen LogP contribution is -2.40. The number of hydrogen-bond donors (Lipinski definition) is 1. The number of alkyl halides is 3. The topological polar surface area (TPSA) is 85.6 Å². The highest BCUT2D eigenvalue weighted by Gasteiger charge is 2.29. The van der Waals surface area contributed by atoms with Crippen LogP contribution in [0.15, 0.2) is 21.9 Å². The molecule has 0 bridgehead atoms. The molecule has 1 aliphatic heterocycles. The van der Waals surface area contributed by atoms with Gasteiger partial charge >= 0.3 is 17.9 Å². The van der Waals surface area contributed by atoms with Crippen molar-refractivity contribution in [2.75, 3.05) is 19.7 Å². The first kappa shape index (κ1) is 22.9. The molecule has 0 aromatic carbocycles. The predicted molar refractivity (Wildman–Crippen MR) is 110 cm³/mol. The van der Waals surface area contributed by atoms with Crippen molar-refractivity contribution in [1.29, 1.82) is 0 Å². The summed E-state index contributed by atoms with van der Waals surface area (Å²) >= 11 is 1.06. The van der Waals surface area contributed by atoms with Gasteiger partial charge in [0.05, 0.1) is 31.5 Å². The maximum absolute atomic E-state index is 13.1. The average Bonchev–Trinajstić information content (AvgIpc) is 3.22. The van der Waals surface area contributed by atoms with E-state index in [-0.39, 0.29) is 41.7 Å². The molecule has 1 saturated heterocycles. The second-order valence-corrected chi connectivity index (χ2v) is 8.23. The summed E-state index contributed by atoms with van der Waals surface area (Å²) in [4.78, 5) is 40.3. The number of rotatable bonds is 8. The molecule has 2 amide bonds. The van der Waals surface area contributed by atoms with Crippen molar-refractivity contribution in [3.05, 3.63) is 43.6 Å². The van der Waals surface area contributed by atoms with E-state index in [0.717, 1.165) is 20.5 Å². The molecule has 1 aliphatic rings. The van der Waals surface area contributed by atoms with Gasteiger partial charge in [-0.3, -0.25) is 13.9 Å². The van der Waals surface area contributed by atoms with Crippen molar-refractivity contribution in [3.63, 3.8) is 0 Å². The molecule has 3 rings (SSSR count). The molecule has 2 aromatic rings. The van der Waals surface area contributed by atoms with Crippen LogP contribution in [0.1, 0.15) is 23.8 Å². The third-order valence-electron chi connectivity index (χ3n) is 4.97. The monoisotopic (exact) mass is 460 g/mol. The van der Waals surface area contributed by atoms with Gasteiger partial charge in [0.25, 0.3) is 5.56 Å². The molecule has 3 heterocycles. The van der Waals surface area contributed by atoms with Crippen LogP contribution in [0.25, 0.3) is 10.2 Å². The van der Waals surface area contributed by atoms with Crippen LogP contribution in [-0.4, -0.2) is 45.9 Å². The number of aromatic nitrogens is 2.